The molecule has 3 heterocycles. The molecule has 0 atom stereocenters. The number of hydrogen-bond donors (Lipinski definition) is 0. The van der Waals surface area contributed by atoms with Gasteiger partial charge in [-0.25, -0.2) is 15.0 Å². The third-order valence-electron chi connectivity index (χ3n) is 8.90. The van der Waals surface area contributed by atoms with Gasteiger partial charge in [-0.2, -0.15) is 0 Å². The number of rotatable bonds is 5. The van der Waals surface area contributed by atoms with Crippen LogP contribution in [-0.4, -0.2) is 19.5 Å². The van der Waals surface area contributed by atoms with E-state index in [1.807, 2.05) is 91.0 Å². The fourth-order valence-corrected chi connectivity index (χ4v) is 6.59. The Morgan fingerprint density at radius 3 is 1.88 bits per heavy atom. The van der Waals surface area contributed by atoms with E-state index in [9.17, 15) is 4.11 Å². The molecular weight excluding hydrogens is 613 g/mol. The number of nitrogens with zero attached hydrogens (tertiary/aromatic N) is 4. The van der Waals surface area contributed by atoms with Crippen LogP contribution in [0.1, 0.15) is 9.60 Å². The van der Waals surface area contributed by atoms with E-state index in [4.69, 9.17) is 24.9 Å². The second-order valence-electron chi connectivity index (χ2n) is 11.9. The molecule has 5 nitrogen and oxygen atoms in total. The van der Waals surface area contributed by atoms with Gasteiger partial charge in [0.1, 0.15) is 11.2 Å². The van der Waals surface area contributed by atoms with Gasteiger partial charge in [0.05, 0.1) is 20.6 Å². The first-order chi connectivity index (χ1) is 27.7. The molecule has 0 aliphatic rings. The summed E-state index contributed by atoms with van der Waals surface area (Å²) in [6.45, 7) is 0. The van der Waals surface area contributed by atoms with Crippen molar-refractivity contribution in [2.24, 2.45) is 0 Å². The Kier molecular flexibility index (Phi) is 4.99. The number of para-hydroxylation sites is 2. The zero-order chi connectivity index (χ0) is 39.1. The average Bonchev–Trinajstić information content (AvgIpc) is 3.82. The molecule has 0 fully saturated rings. The summed E-state index contributed by atoms with van der Waals surface area (Å²) in [4.78, 5) is 14.8. The summed E-state index contributed by atoms with van der Waals surface area (Å²) in [7, 11) is 0. The van der Waals surface area contributed by atoms with Gasteiger partial charge < -0.3 is 8.98 Å². The minimum absolute atomic E-state index is 0.120. The minimum Gasteiger partial charge on any atom is -0.456 e. The second kappa shape index (κ2) is 11.4. The van der Waals surface area contributed by atoms with Gasteiger partial charge >= 0.3 is 0 Å². The number of benzene rings is 7. The number of hydrogen-bond acceptors (Lipinski definition) is 4. The standard InChI is InChI=1S/C45H28N4O/c1-4-13-29(14-5-1)43-46-44(30-15-6-2-7-16-30)48-45(47-43)35-20-12-22-41-42(35)37-28-32(24-26-40(37)50-41)31-23-25-39-36(27-31)34-19-10-11-21-38(34)49(39)33-17-8-3-9-18-33/h1-28H/i10D,11D,19D,21D,23D,25D,27D. The van der Waals surface area contributed by atoms with Crippen molar-refractivity contribution >= 4 is 43.7 Å². The highest BCUT2D eigenvalue weighted by molar-refractivity contribution is 6.14. The Morgan fingerprint density at radius 1 is 0.480 bits per heavy atom. The van der Waals surface area contributed by atoms with Crippen LogP contribution >= 0.6 is 0 Å². The highest BCUT2D eigenvalue weighted by atomic mass is 16.3. The fourth-order valence-electron chi connectivity index (χ4n) is 6.59. The summed E-state index contributed by atoms with van der Waals surface area (Å²) in [5.74, 6) is 1.44. The van der Waals surface area contributed by atoms with Crippen molar-refractivity contribution in [1.29, 1.82) is 0 Å². The molecule has 0 radical (unpaired) electrons. The van der Waals surface area contributed by atoms with Gasteiger partial charge in [0.15, 0.2) is 17.5 Å². The Labute approximate surface area is 297 Å². The summed E-state index contributed by atoms with van der Waals surface area (Å²) >= 11 is 0. The van der Waals surface area contributed by atoms with Gasteiger partial charge in [0.25, 0.3) is 0 Å². The SMILES string of the molecule is [2H]c1c([2H])c([2H])c2c(c1[2H])c1c([2H])c(-c3ccc4oc5cccc(-c6nc(-c7ccccc7)nc(-c7ccccc7)n6)c5c4c3)c([2H])c([2H])c1n2-c1ccccc1. The molecule has 50 heavy (non-hydrogen) atoms. The maximum atomic E-state index is 9.67. The maximum Gasteiger partial charge on any atom is 0.164 e. The molecule has 10 aromatic rings. The molecule has 3 aromatic heterocycles. The van der Waals surface area contributed by atoms with Crippen LogP contribution in [0.25, 0.3) is 94.7 Å². The Bertz CT molecular complexity index is 3200. The molecule has 10 rings (SSSR count). The van der Waals surface area contributed by atoms with E-state index in [1.165, 1.54) is 0 Å². The van der Waals surface area contributed by atoms with Crippen LogP contribution in [0.15, 0.2) is 174 Å². The normalized spacial score (nSPS) is 13.6. The molecule has 0 spiro atoms. The lowest BCUT2D eigenvalue weighted by atomic mass is 9.99. The third kappa shape index (κ3) is 4.60. The fraction of sp³-hybridized carbons (Fsp3) is 0. The zero-order valence-electron chi connectivity index (χ0n) is 33.3. The summed E-state index contributed by atoms with van der Waals surface area (Å²) < 4.78 is 71.3. The molecular formula is C45H28N4O. The Balaban J connectivity index is 1.24. The first kappa shape index (κ1) is 21.9. The lowest BCUT2D eigenvalue weighted by molar-refractivity contribution is 0.669. The Morgan fingerprint density at radius 2 is 1.14 bits per heavy atom. The molecule has 0 bridgehead atoms. The van der Waals surface area contributed by atoms with Gasteiger partial charge in [-0.1, -0.05) is 121 Å². The molecule has 0 aliphatic carbocycles. The van der Waals surface area contributed by atoms with E-state index in [0.29, 0.717) is 50.8 Å². The summed E-state index contributed by atoms with van der Waals surface area (Å²) in [6, 6.07) is 37.4. The lowest BCUT2D eigenvalue weighted by Crippen LogP contribution is -2.00. The van der Waals surface area contributed by atoms with Crippen molar-refractivity contribution in [2.45, 2.75) is 0 Å². The molecule has 0 amide bonds. The van der Waals surface area contributed by atoms with E-state index in [1.54, 1.807) is 41.0 Å². The summed E-state index contributed by atoms with van der Waals surface area (Å²) in [5, 5.41) is 1.69. The van der Waals surface area contributed by atoms with Crippen LogP contribution in [0.3, 0.4) is 0 Å². The van der Waals surface area contributed by atoms with Crippen molar-refractivity contribution in [1.82, 2.24) is 19.5 Å². The lowest BCUT2D eigenvalue weighted by Gasteiger charge is -2.09. The van der Waals surface area contributed by atoms with Crippen molar-refractivity contribution in [2.75, 3.05) is 0 Å². The van der Waals surface area contributed by atoms with Gasteiger partial charge in [0.2, 0.25) is 0 Å². The van der Waals surface area contributed by atoms with Crippen LogP contribution in [0.2, 0.25) is 0 Å². The van der Waals surface area contributed by atoms with Crippen LogP contribution in [0, 0.1) is 0 Å². The predicted molar refractivity (Wildman–Crippen MR) is 203 cm³/mol. The molecule has 0 saturated heterocycles. The van der Waals surface area contributed by atoms with Gasteiger partial charge in [-0.05, 0) is 59.6 Å². The van der Waals surface area contributed by atoms with Crippen molar-refractivity contribution in [3.63, 3.8) is 0 Å². The highest BCUT2D eigenvalue weighted by Gasteiger charge is 2.19. The maximum absolute atomic E-state index is 9.67. The van der Waals surface area contributed by atoms with Gasteiger partial charge in [-0.15, -0.1) is 0 Å². The summed E-state index contributed by atoms with van der Waals surface area (Å²) in [6.07, 6.45) is 0. The zero-order valence-corrected chi connectivity index (χ0v) is 26.3. The van der Waals surface area contributed by atoms with Crippen molar-refractivity contribution < 1.29 is 14.0 Å². The van der Waals surface area contributed by atoms with E-state index in [-0.39, 0.29) is 57.6 Å². The molecule has 0 unspecified atom stereocenters. The second-order valence-corrected chi connectivity index (χ2v) is 11.9. The average molecular weight is 648 g/mol. The van der Waals surface area contributed by atoms with Crippen LogP contribution in [-0.2, 0) is 0 Å². The van der Waals surface area contributed by atoms with Crippen molar-refractivity contribution in [3.8, 4) is 51.0 Å². The minimum atomic E-state index is -0.440. The van der Waals surface area contributed by atoms with E-state index < -0.39 is 12.1 Å². The number of aromatic nitrogens is 4. The first-order valence-electron chi connectivity index (χ1n) is 19.6. The number of fused-ring (bicyclic) bond motifs is 6. The molecule has 0 saturated carbocycles. The monoisotopic (exact) mass is 647 g/mol. The first-order valence-corrected chi connectivity index (χ1v) is 16.1. The third-order valence-corrected chi connectivity index (χ3v) is 8.90. The van der Waals surface area contributed by atoms with E-state index in [0.717, 1.165) is 16.5 Å². The van der Waals surface area contributed by atoms with Crippen molar-refractivity contribution in [3.05, 3.63) is 170 Å². The molecule has 7 aromatic carbocycles. The predicted octanol–water partition coefficient (Wildman–Crippen LogP) is 11.5. The molecule has 5 heteroatoms. The smallest absolute Gasteiger partial charge is 0.164 e. The van der Waals surface area contributed by atoms with Crippen LogP contribution in [0.5, 0.6) is 0 Å². The summed E-state index contributed by atoms with van der Waals surface area (Å²) in [5.41, 5.74) is 4.96. The molecule has 0 aliphatic heterocycles. The van der Waals surface area contributed by atoms with Crippen LogP contribution in [0.4, 0.5) is 0 Å². The van der Waals surface area contributed by atoms with Gasteiger partial charge in [-0.3, -0.25) is 0 Å². The highest BCUT2D eigenvalue weighted by Crippen LogP contribution is 2.40. The largest absolute Gasteiger partial charge is 0.456 e. The molecule has 234 valence electrons. The van der Waals surface area contributed by atoms with Gasteiger partial charge in [0, 0.05) is 43.9 Å². The van der Waals surface area contributed by atoms with E-state index in [2.05, 4.69) is 0 Å². The van der Waals surface area contributed by atoms with E-state index >= 15 is 0 Å². The van der Waals surface area contributed by atoms with Crippen LogP contribution < -0.4 is 0 Å². The number of furan rings is 1. The Hall–Kier alpha value is -6.85. The molecule has 0 N–H and O–H groups in total. The topological polar surface area (TPSA) is 56.7 Å². The quantitative estimate of drug-likeness (QED) is 0.186.